The minimum absolute atomic E-state index is 0.0735. The first-order chi connectivity index (χ1) is 11.2. The van der Waals surface area contributed by atoms with Gasteiger partial charge in [0.2, 0.25) is 5.91 Å². The molecule has 0 fully saturated rings. The molecule has 2 aromatic rings. The van der Waals surface area contributed by atoms with Gasteiger partial charge in [-0.05, 0) is 11.1 Å². The third kappa shape index (κ3) is 6.65. The highest BCUT2D eigenvalue weighted by atomic mass is 16.5. The van der Waals surface area contributed by atoms with Crippen molar-refractivity contribution in [2.45, 2.75) is 13.0 Å². The van der Waals surface area contributed by atoms with E-state index in [-0.39, 0.29) is 12.5 Å². The Morgan fingerprint density at radius 3 is 2.00 bits per heavy atom. The molecule has 0 aliphatic carbocycles. The largest absolute Gasteiger partial charge is 0.445 e. The second-order valence-corrected chi connectivity index (χ2v) is 5.00. The molecule has 0 unspecified atom stereocenters. The van der Waals surface area contributed by atoms with Gasteiger partial charge in [-0.25, -0.2) is 4.79 Å². The van der Waals surface area contributed by atoms with Gasteiger partial charge in [0.15, 0.2) is 0 Å². The van der Waals surface area contributed by atoms with E-state index >= 15 is 0 Å². The van der Waals surface area contributed by atoms with Crippen LogP contribution < -0.4 is 10.6 Å². The van der Waals surface area contributed by atoms with E-state index < -0.39 is 6.09 Å². The second kappa shape index (κ2) is 9.25. The third-order valence-corrected chi connectivity index (χ3v) is 3.14. The molecule has 0 atom stereocenters. The van der Waals surface area contributed by atoms with Crippen LogP contribution in [0.2, 0.25) is 0 Å². The second-order valence-electron chi connectivity index (χ2n) is 5.00. The van der Waals surface area contributed by atoms with Crippen LogP contribution >= 0.6 is 0 Å². The first kappa shape index (κ1) is 16.5. The van der Waals surface area contributed by atoms with Gasteiger partial charge in [0.05, 0.1) is 6.42 Å². The minimum atomic E-state index is -0.494. The molecule has 0 saturated heterocycles. The molecule has 120 valence electrons. The Hall–Kier alpha value is -2.82. The van der Waals surface area contributed by atoms with E-state index in [2.05, 4.69) is 10.6 Å². The molecule has 0 bridgehead atoms. The van der Waals surface area contributed by atoms with E-state index in [1.807, 2.05) is 60.7 Å². The summed E-state index contributed by atoms with van der Waals surface area (Å²) >= 11 is 0. The average Bonchev–Trinajstić information content (AvgIpc) is 2.59. The number of hydrogen-bond donors (Lipinski definition) is 2. The molecule has 0 aliphatic rings. The molecule has 2 N–H and O–H groups in total. The first-order valence-corrected chi connectivity index (χ1v) is 7.49. The summed E-state index contributed by atoms with van der Waals surface area (Å²) < 4.78 is 5.07. The van der Waals surface area contributed by atoms with Gasteiger partial charge < -0.3 is 15.4 Å². The number of ether oxygens (including phenoxy) is 1. The number of alkyl carbamates (subject to hydrolysis) is 1. The van der Waals surface area contributed by atoms with Gasteiger partial charge in [0, 0.05) is 13.1 Å². The van der Waals surface area contributed by atoms with Gasteiger partial charge in [0.25, 0.3) is 0 Å². The zero-order valence-corrected chi connectivity index (χ0v) is 12.8. The first-order valence-electron chi connectivity index (χ1n) is 7.49. The summed E-state index contributed by atoms with van der Waals surface area (Å²) in [5.41, 5.74) is 1.89. The Bertz CT molecular complexity index is 615. The van der Waals surface area contributed by atoms with Crippen molar-refractivity contribution in [1.82, 2.24) is 10.6 Å². The lowest BCUT2D eigenvalue weighted by Crippen LogP contribution is -2.35. The number of carbonyl (C=O) groups is 2. The number of hydrogen-bond acceptors (Lipinski definition) is 3. The zero-order valence-electron chi connectivity index (χ0n) is 12.8. The minimum Gasteiger partial charge on any atom is -0.445 e. The standard InChI is InChI=1S/C18H20N2O3/c21-17(13-15-7-3-1-4-8-15)19-11-12-20-18(22)23-14-16-9-5-2-6-10-16/h1-10H,11-14H2,(H,19,21)(H,20,22). The number of amides is 2. The van der Waals surface area contributed by atoms with Crippen molar-refractivity contribution in [3.8, 4) is 0 Å². The maximum atomic E-state index is 11.7. The van der Waals surface area contributed by atoms with Gasteiger partial charge >= 0.3 is 6.09 Å². The molecule has 5 heteroatoms. The van der Waals surface area contributed by atoms with Crippen LogP contribution in [-0.2, 0) is 22.6 Å². The third-order valence-electron chi connectivity index (χ3n) is 3.14. The van der Waals surface area contributed by atoms with Crippen LogP contribution in [0.3, 0.4) is 0 Å². The molecule has 2 aromatic carbocycles. The van der Waals surface area contributed by atoms with Crippen LogP contribution in [0.15, 0.2) is 60.7 Å². The number of benzene rings is 2. The van der Waals surface area contributed by atoms with E-state index in [0.717, 1.165) is 11.1 Å². The molecular formula is C18H20N2O3. The Morgan fingerprint density at radius 2 is 1.35 bits per heavy atom. The summed E-state index contributed by atoms with van der Waals surface area (Å²) in [6.07, 6.45) is -0.162. The van der Waals surface area contributed by atoms with E-state index in [4.69, 9.17) is 4.74 Å². The lowest BCUT2D eigenvalue weighted by molar-refractivity contribution is -0.120. The molecule has 2 rings (SSSR count). The van der Waals surface area contributed by atoms with Crippen LogP contribution in [-0.4, -0.2) is 25.1 Å². The fourth-order valence-corrected chi connectivity index (χ4v) is 1.98. The molecule has 0 spiro atoms. The Morgan fingerprint density at radius 1 is 0.783 bits per heavy atom. The normalized spacial score (nSPS) is 9.91. The molecule has 0 heterocycles. The van der Waals surface area contributed by atoms with Crippen molar-refractivity contribution in [3.05, 3.63) is 71.8 Å². The number of rotatable bonds is 7. The Labute approximate surface area is 135 Å². The summed E-state index contributed by atoms with van der Waals surface area (Å²) in [5, 5.41) is 5.35. The van der Waals surface area contributed by atoms with Crippen LogP contribution in [0.25, 0.3) is 0 Å². The average molecular weight is 312 g/mol. The number of nitrogens with one attached hydrogen (secondary N) is 2. The van der Waals surface area contributed by atoms with E-state index in [0.29, 0.717) is 19.5 Å². The van der Waals surface area contributed by atoms with Crippen molar-refractivity contribution in [2.24, 2.45) is 0 Å². The summed E-state index contributed by atoms with van der Waals surface area (Å²) in [6.45, 7) is 0.924. The Kier molecular flexibility index (Phi) is 6.65. The van der Waals surface area contributed by atoms with Gasteiger partial charge in [-0.2, -0.15) is 0 Å². The summed E-state index contributed by atoms with van der Waals surface area (Å²) in [4.78, 5) is 23.2. The van der Waals surface area contributed by atoms with Crippen LogP contribution in [0.1, 0.15) is 11.1 Å². The van der Waals surface area contributed by atoms with Gasteiger partial charge in [0.1, 0.15) is 6.61 Å². The van der Waals surface area contributed by atoms with Crippen molar-refractivity contribution in [3.63, 3.8) is 0 Å². The molecule has 23 heavy (non-hydrogen) atoms. The highest BCUT2D eigenvalue weighted by Crippen LogP contribution is 2.00. The molecule has 0 saturated carbocycles. The zero-order chi connectivity index (χ0) is 16.3. The van der Waals surface area contributed by atoms with E-state index in [1.165, 1.54) is 0 Å². The van der Waals surface area contributed by atoms with Crippen LogP contribution in [0.5, 0.6) is 0 Å². The predicted octanol–water partition coefficient (Wildman–Crippen LogP) is 2.27. The quantitative estimate of drug-likeness (QED) is 0.771. The maximum Gasteiger partial charge on any atom is 0.407 e. The van der Waals surface area contributed by atoms with Crippen LogP contribution in [0, 0.1) is 0 Å². The fraction of sp³-hybridized carbons (Fsp3) is 0.222. The monoisotopic (exact) mass is 312 g/mol. The van der Waals surface area contributed by atoms with Crippen molar-refractivity contribution in [2.75, 3.05) is 13.1 Å². The smallest absolute Gasteiger partial charge is 0.407 e. The van der Waals surface area contributed by atoms with Crippen LogP contribution in [0.4, 0.5) is 4.79 Å². The molecule has 5 nitrogen and oxygen atoms in total. The SMILES string of the molecule is O=C(Cc1ccccc1)NCCNC(=O)OCc1ccccc1. The highest BCUT2D eigenvalue weighted by molar-refractivity contribution is 5.78. The van der Waals surface area contributed by atoms with Gasteiger partial charge in [-0.1, -0.05) is 60.7 Å². The summed E-state index contributed by atoms with van der Waals surface area (Å²) in [7, 11) is 0. The lowest BCUT2D eigenvalue weighted by Gasteiger charge is -2.08. The maximum absolute atomic E-state index is 11.7. The molecule has 2 amide bonds. The van der Waals surface area contributed by atoms with E-state index in [1.54, 1.807) is 0 Å². The Balaban J connectivity index is 1.56. The summed E-state index contributed by atoms with van der Waals surface area (Å²) in [5.74, 6) is -0.0735. The van der Waals surface area contributed by atoms with E-state index in [9.17, 15) is 9.59 Å². The fourth-order valence-electron chi connectivity index (χ4n) is 1.98. The molecule has 0 radical (unpaired) electrons. The molecular weight excluding hydrogens is 292 g/mol. The topological polar surface area (TPSA) is 67.4 Å². The van der Waals surface area contributed by atoms with Gasteiger partial charge in [-0.15, -0.1) is 0 Å². The highest BCUT2D eigenvalue weighted by Gasteiger charge is 2.04. The van der Waals surface area contributed by atoms with Crippen molar-refractivity contribution in [1.29, 1.82) is 0 Å². The molecule has 0 aromatic heterocycles. The lowest BCUT2D eigenvalue weighted by atomic mass is 10.1. The summed E-state index contributed by atoms with van der Waals surface area (Å²) in [6, 6.07) is 19.0. The predicted molar refractivity (Wildman–Crippen MR) is 87.8 cm³/mol. The molecule has 0 aliphatic heterocycles. The van der Waals surface area contributed by atoms with Crippen molar-refractivity contribution < 1.29 is 14.3 Å². The number of carbonyl (C=O) groups excluding carboxylic acids is 2. The van der Waals surface area contributed by atoms with Gasteiger partial charge in [-0.3, -0.25) is 4.79 Å². The van der Waals surface area contributed by atoms with Crippen molar-refractivity contribution >= 4 is 12.0 Å².